The molecule has 1 heterocycles. The zero-order valence-corrected chi connectivity index (χ0v) is 12.6. The van der Waals surface area contributed by atoms with E-state index in [0.717, 1.165) is 5.56 Å². The van der Waals surface area contributed by atoms with Gasteiger partial charge in [0.1, 0.15) is 6.61 Å². The van der Waals surface area contributed by atoms with Gasteiger partial charge >= 0.3 is 6.09 Å². The maximum atomic E-state index is 12.1. The zero-order valence-electron chi connectivity index (χ0n) is 12.6. The second-order valence-corrected chi connectivity index (χ2v) is 5.29. The molecule has 1 aromatic carbocycles. The highest BCUT2D eigenvalue weighted by atomic mass is 16.6. The van der Waals surface area contributed by atoms with Crippen LogP contribution in [0.4, 0.5) is 4.79 Å². The monoisotopic (exact) mass is 304 g/mol. The molecule has 0 spiro atoms. The lowest BCUT2D eigenvalue weighted by Crippen LogP contribution is -2.39. The first kappa shape index (κ1) is 16.0. The summed E-state index contributed by atoms with van der Waals surface area (Å²) in [5.41, 5.74) is 0.915. The van der Waals surface area contributed by atoms with E-state index < -0.39 is 12.1 Å². The molecule has 1 aromatic rings. The van der Waals surface area contributed by atoms with E-state index in [1.54, 1.807) is 0 Å². The molecule has 0 saturated carbocycles. The number of benzene rings is 1. The summed E-state index contributed by atoms with van der Waals surface area (Å²) in [6.45, 7) is 2.30. The second-order valence-electron chi connectivity index (χ2n) is 5.29. The lowest BCUT2D eigenvalue weighted by Gasteiger charge is -2.19. The Hall–Kier alpha value is -2.37. The molecule has 2 amide bonds. The van der Waals surface area contributed by atoms with Crippen LogP contribution in [0.1, 0.15) is 25.3 Å². The van der Waals surface area contributed by atoms with Crippen LogP contribution in [0.25, 0.3) is 0 Å². The first-order chi connectivity index (χ1) is 10.6. The van der Waals surface area contributed by atoms with Crippen molar-refractivity contribution in [1.29, 1.82) is 0 Å². The SMILES string of the molecule is CC(=O)NC1CCN(C(=O)OCc2ccccc2)CCC1=O. The van der Waals surface area contributed by atoms with Crippen molar-refractivity contribution in [2.75, 3.05) is 13.1 Å². The third-order valence-electron chi connectivity index (χ3n) is 3.55. The molecule has 1 aliphatic heterocycles. The fourth-order valence-electron chi connectivity index (χ4n) is 2.37. The van der Waals surface area contributed by atoms with Gasteiger partial charge in [0.15, 0.2) is 5.78 Å². The number of amides is 2. The molecule has 0 aromatic heterocycles. The van der Waals surface area contributed by atoms with Crippen LogP contribution in [0.3, 0.4) is 0 Å². The summed E-state index contributed by atoms with van der Waals surface area (Å²) >= 11 is 0. The number of ketones is 1. The highest BCUT2D eigenvalue weighted by molar-refractivity contribution is 5.89. The first-order valence-electron chi connectivity index (χ1n) is 7.31. The number of hydrogen-bond acceptors (Lipinski definition) is 4. The van der Waals surface area contributed by atoms with Gasteiger partial charge in [-0.25, -0.2) is 4.79 Å². The van der Waals surface area contributed by atoms with Crippen molar-refractivity contribution in [2.45, 2.75) is 32.4 Å². The van der Waals surface area contributed by atoms with Crippen molar-refractivity contribution in [2.24, 2.45) is 0 Å². The molecule has 0 radical (unpaired) electrons. The first-order valence-corrected chi connectivity index (χ1v) is 7.31. The normalized spacial score (nSPS) is 18.5. The molecule has 1 N–H and O–H groups in total. The summed E-state index contributed by atoms with van der Waals surface area (Å²) in [6, 6.07) is 8.91. The van der Waals surface area contributed by atoms with E-state index in [9.17, 15) is 14.4 Å². The Morgan fingerprint density at radius 2 is 2.00 bits per heavy atom. The maximum absolute atomic E-state index is 12.1. The smallest absolute Gasteiger partial charge is 0.410 e. The van der Waals surface area contributed by atoms with Crippen LogP contribution in [-0.2, 0) is 20.9 Å². The zero-order chi connectivity index (χ0) is 15.9. The molecule has 1 saturated heterocycles. The van der Waals surface area contributed by atoms with Gasteiger partial charge in [-0.15, -0.1) is 0 Å². The summed E-state index contributed by atoms with van der Waals surface area (Å²) in [7, 11) is 0. The van der Waals surface area contributed by atoms with Crippen LogP contribution in [-0.4, -0.2) is 41.8 Å². The Morgan fingerprint density at radius 3 is 2.68 bits per heavy atom. The van der Waals surface area contributed by atoms with Gasteiger partial charge in [0.05, 0.1) is 6.04 Å². The average molecular weight is 304 g/mol. The molecule has 0 aliphatic carbocycles. The summed E-state index contributed by atoms with van der Waals surface area (Å²) < 4.78 is 5.26. The molecular formula is C16H20N2O4. The third-order valence-corrected chi connectivity index (χ3v) is 3.55. The van der Waals surface area contributed by atoms with Crippen LogP contribution in [0, 0.1) is 0 Å². The topological polar surface area (TPSA) is 75.7 Å². The van der Waals surface area contributed by atoms with E-state index in [0.29, 0.717) is 19.5 Å². The van der Waals surface area contributed by atoms with E-state index in [1.807, 2.05) is 30.3 Å². The minimum atomic E-state index is -0.510. The summed E-state index contributed by atoms with van der Waals surface area (Å²) in [4.78, 5) is 36.6. The van der Waals surface area contributed by atoms with Crippen molar-refractivity contribution >= 4 is 17.8 Å². The Labute approximate surface area is 129 Å². The Balaban J connectivity index is 1.86. The lowest BCUT2D eigenvalue weighted by atomic mass is 10.1. The molecule has 1 unspecified atom stereocenters. The van der Waals surface area contributed by atoms with E-state index in [-0.39, 0.29) is 24.7 Å². The molecule has 1 atom stereocenters. The molecule has 118 valence electrons. The van der Waals surface area contributed by atoms with Crippen LogP contribution in [0.2, 0.25) is 0 Å². The molecule has 6 heteroatoms. The van der Waals surface area contributed by atoms with Crippen LogP contribution >= 0.6 is 0 Å². The predicted octanol–water partition coefficient (Wildman–Crippen LogP) is 1.49. The molecular weight excluding hydrogens is 284 g/mol. The van der Waals surface area contributed by atoms with Gasteiger partial charge in [0.2, 0.25) is 5.91 Å². The van der Waals surface area contributed by atoms with E-state index in [1.165, 1.54) is 11.8 Å². The third kappa shape index (κ3) is 4.58. The summed E-state index contributed by atoms with van der Waals surface area (Å²) in [5.74, 6) is -0.285. The van der Waals surface area contributed by atoms with Gasteiger partial charge in [-0.2, -0.15) is 0 Å². The quantitative estimate of drug-likeness (QED) is 0.918. The molecule has 1 aliphatic rings. The van der Waals surface area contributed by atoms with Gasteiger partial charge in [-0.05, 0) is 12.0 Å². The second kappa shape index (κ2) is 7.59. The molecule has 22 heavy (non-hydrogen) atoms. The molecule has 0 bridgehead atoms. The standard InChI is InChI=1S/C16H20N2O4/c1-12(19)17-14-7-9-18(10-8-15(14)20)16(21)22-11-13-5-3-2-4-6-13/h2-6,14H,7-11H2,1H3,(H,17,19). The van der Waals surface area contributed by atoms with Crippen LogP contribution < -0.4 is 5.32 Å². The Bertz CT molecular complexity index is 544. The highest BCUT2D eigenvalue weighted by Gasteiger charge is 2.27. The number of hydrogen-bond donors (Lipinski definition) is 1. The fourth-order valence-corrected chi connectivity index (χ4v) is 2.37. The number of ether oxygens (including phenoxy) is 1. The Kier molecular flexibility index (Phi) is 5.52. The van der Waals surface area contributed by atoms with Gasteiger partial charge in [-0.1, -0.05) is 30.3 Å². The van der Waals surface area contributed by atoms with Crippen molar-refractivity contribution in [3.8, 4) is 0 Å². The van der Waals surface area contributed by atoms with E-state index >= 15 is 0 Å². The summed E-state index contributed by atoms with van der Waals surface area (Å²) in [6.07, 6.45) is 0.213. The van der Waals surface area contributed by atoms with Crippen LogP contribution in [0.5, 0.6) is 0 Å². The van der Waals surface area contributed by atoms with Crippen molar-refractivity contribution < 1.29 is 19.1 Å². The fraction of sp³-hybridized carbons (Fsp3) is 0.438. The van der Waals surface area contributed by atoms with Gasteiger partial charge < -0.3 is 15.0 Å². The largest absolute Gasteiger partial charge is 0.445 e. The van der Waals surface area contributed by atoms with Crippen molar-refractivity contribution in [1.82, 2.24) is 10.2 Å². The molecule has 1 fully saturated rings. The maximum Gasteiger partial charge on any atom is 0.410 e. The number of nitrogens with zero attached hydrogens (tertiary/aromatic N) is 1. The minimum absolute atomic E-state index is 0.0476. The number of likely N-dealkylation sites (tertiary alicyclic amines) is 1. The predicted molar refractivity (Wildman–Crippen MR) is 80.0 cm³/mol. The lowest BCUT2D eigenvalue weighted by molar-refractivity contribution is -0.126. The van der Waals surface area contributed by atoms with E-state index in [2.05, 4.69) is 5.32 Å². The minimum Gasteiger partial charge on any atom is -0.445 e. The summed E-state index contributed by atoms with van der Waals surface area (Å²) in [5, 5.41) is 2.62. The number of Topliss-reactive ketones (excluding diaryl/α,β-unsaturated/α-hetero) is 1. The highest BCUT2D eigenvalue weighted by Crippen LogP contribution is 2.11. The molecule has 2 rings (SSSR count). The van der Waals surface area contributed by atoms with Gasteiger partial charge in [0, 0.05) is 26.4 Å². The van der Waals surface area contributed by atoms with E-state index in [4.69, 9.17) is 4.74 Å². The number of carbonyl (C=O) groups excluding carboxylic acids is 3. The van der Waals surface area contributed by atoms with Crippen LogP contribution in [0.15, 0.2) is 30.3 Å². The molecule has 6 nitrogen and oxygen atoms in total. The number of carbonyl (C=O) groups is 3. The van der Waals surface area contributed by atoms with Gasteiger partial charge in [-0.3, -0.25) is 9.59 Å². The van der Waals surface area contributed by atoms with Crippen molar-refractivity contribution in [3.05, 3.63) is 35.9 Å². The van der Waals surface area contributed by atoms with Crippen molar-refractivity contribution in [3.63, 3.8) is 0 Å². The average Bonchev–Trinajstić information content (AvgIpc) is 2.68. The van der Waals surface area contributed by atoms with Gasteiger partial charge in [0.25, 0.3) is 0 Å². The Morgan fingerprint density at radius 1 is 1.27 bits per heavy atom. The number of nitrogens with one attached hydrogen (secondary N) is 1. The number of rotatable bonds is 3.